The molecule has 0 unspecified atom stereocenters. The molecule has 0 fully saturated rings. The molecule has 0 aliphatic heterocycles. The van der Waals surface area contributed by atoms with Crippen LogP contribution in [0.5, 0.6) is 5.75 Å². The van der Waals surface area contributed by atoms with Crippen LogP contribution in [0.4, 0.5) is 4.39 Å². The Hall–Kier alpha value is -3.19. The summed E-state index contributed by atoms with van der Waals surface area (Å²) in [5.41, 5.74) is 1.72. The van der Waals surface area contributed by atoms with Crippen molar-refractivity contribution in [3.63, 3.8) is 0 Å². The molecule has 164 valence electrons. The summed E-state index contributed by atoms with van der Waals surface area (Å²) < 4.78 is 21.8. The van der Waals surface area contributed by atoms with E-state index in [0.717, 1.165) is 36.8 Å². The summed E-state index contributed by atoms with van der Waals surface area (Å²) >= 11 is 1.55. The Morgan fingerprint density at radius 2 is 1.72 bits per heavy atom. The first-order chi connectivity index (χ1) is 15.6. The minimum Gasteiger partial charge on any atom is -0.494 e. The number of ether oxygens (including phenoxy) is 1. The molecular formula is C25H23FN2O3S. The Morgan fingerprint density at radius 1 is 1.00 bits per heavy atom. The smallest absolute Gasteiger partial charge is 0.337 e. The van der Waals surface area contributed by atoms with E-state index in [1.54, 1.807) is 52.3 Å². The number of hydrogen-bond donors (Lipinski definition) is 0. The number of benzene rings is 2. The highest BCUT2D eigenvalue weighted by molar-refractivity contribution is 7.18. The van der Waals surface area contributed by atoms with Crippen LogP contribution in [-0.2, 0) is 19.4 Å². The summed E-state index contributed by atoms with van der Waals surface area (Å²) in [6.07, 6.45) is 3.91. The van der Waals surface area contributed by atoms with Crippen molar-refractivity contribution in [3.8, 4) is 11.4 Å². The van der Waals surface area contributed by atoms with Crippen molar-refractivity contribution in [2.45, 2.75) is 39.2 Å². The number of aromatic nitrogens is 2. The first-order valence-electron chi connectivity index (χ1n) is 10.8. The van der Waals surface area contributed by atoms with Crippen molar-refractivity contribution in [2.24, 2.45) is 0 Å². The first-order valence-corrected chi connectivity index (χ1v) is 11.7. The van der Waals surface area contributed by atoms with Crippen molar-refractivity contribution in [1.82, 2.24) is 9.13 Å². The van der Waals surface area contributed by atoms with Crippen molar-refractivity contribution in [2.75, 3.05) is 6.61 Å². The monoisotopic (exact) mass is 450 g/mol. The molecule has 0 spiro atoms. The number of thiophene rings is 1. The molecule has 1 aliphatic rings. The predicted octanol–water partition coefficient (Wildman–Crippen LogP) is 4.68. The second-order valence-corrected chi connectivity index (χ2v) is 9.04. The Morgan fingerprint density at radius 3 is 2.44 bits per heavy atom. The molecule has 0 N–H and O–H groups in total. The van der Waals surface area contributed by atoms with Gasteiger partial charge in [-0.2, -0.15) is 0 Å². The van der Waals surface area contributed by atoms with Crippen molar-refractivity contribution >= 4 is 21.6 Å². The van der Waals surface area contributed by atoms with Gasteiger partial charge in [0.2, 0.25) is 0 Å². The van der Waals surface area contributed by atoms with Crippen LogP contribution < -0.4 is 16.0 Å². The van der Waals surface area contributed by atoms with Gasteiger partial charge < -0.3 is 4.74 Å². The minimum atomic E-state index is -0.394. The Kier molecular flexibility index (Phi) is 5.43. The van der Waals surface area contributed by atoms with Crippen LogP contribution in [0.1, 0.15) is 35.8 Å². The molecule has 0 saturated carbocycles. The van der Waals surface area contributed by atoms with Crippen LogP contribution in [0.3, 0.4) is 0 Å². The summed E-state index contributed by atoms with van der Waals surface area (Å²) in [6.45, 7) is 2.71. The number of nitrogens with zero attached hydrogens (tertiary/aromatic N) is 2. The molecule has 2 aromatic heterocycles. The molecule has 5 rings (SSSR count). The highest BCUT2D eigenvalue weighted by Crippen LogP contribution is 2.34. The third-order valence-corrected chi connectivity index (χ3v) is 7.21. The fraction of sp³-hybridized carbons (Fsp3) is 0.280. The van der Waals surface area contributed by atoms with Gasteiger partial charge in [0.25, 0.3) is 5.56 Å². The Labute approximate surface area is 188 Å². The van der Waals surface area contributed by atoms with E-state index in [9.17, 15) is 14.0 Å². The lowest BCUT2D eigenvalue weighted by molar-refractivity contribution is 0.340. The largest absolute Gasteiger partial charge is 0.494 e. The molecule has 0 amide bonds. The zero-order valence-electron chi connectivity index (χ0n) is 17.8. The first kappa shape index (κ1) is 20.7. The molecule has 7 heteroatoms. The van der Waals surface area contributed by atoms with Gasteiger partial charge in [0.15, 0.2) is 0 Å². The summed E-state index contributed by atoms with van der Waals surface area (Å²) in [7, 11) is 0. The second-order valence-electron chi connectivity index (χ2n) is 7.95. The van der Waals surface area contributed by atoms with E-state index in [0.29, 0.717) is 28.3 Å². The van der Waals surface area contributed by atoms with Crippen LogP contribution >= 0.6 is 11.3 Å². The summed E-state index contributed by atoms with van der Waals surface area (Å²) in [6, 6.07) is 13.1. The fourth-order valence-electron chi connectivity index (χ4n) is 4.37. The average Bonchev–Trinajstić information content (AvgIpc) is 3.19. The van der Waals surface area contributed by atoms with Crippen LogP contribution in [0.25, 0.3) is 15.9 Å². The molecule has 0 atom stereocenters. The molecule has 2 aromatic carbocycles. The standard InChI is InChI=1S/C25H23FN2O3S/c1-2-31-19-13-11-18(12-14-19)28-23(29)22-20-5-3-4-6-21(20)32-24(22)27(25(28)30)15-16-7-9-17(26)10-8-16/h7-14H,2-6,15H2,1H3. The molecule has 5 nitrogen and oxygen atoms in total. The Balaban J connectivity index is 1.75. The number of fused-ring (bicyclic) bond motifs is 3. The fourth-order valence-corrected chi connectivity index (χ4v) is 5.74. The van der Waals surface area contributed by atoms with Gasteiger partial charge in [0.1, 0.15) is 16.4 Å². The van der Waals surface area contributed by atoms with Crippen LogP contribution in [-0.4, -0.2) is 15.7 Å². The van der Waals surface area contributed by atoms with Crippen molar-refractivity contribution in [3.05, 3.63) is 91.2 Å². The lowest BCUT2D eigenvalue weighted by atomic mass is 9.97. The quantitative estimate of drug-likeness (QED) is 0.444. The number of aryl methyl sites for hydroxylation is 2. The predicted molar refractivity (Wildman–Crippen MR) is 125 cm³/mol. The summed E-state index contributed by atoms with van der Waals surface area (Å²) in [5, 5.41) is 0.639. The number of halogens is 1. The topological polar surface area (TPSA) is 53.2 Å². The molecule has 2 heterocycles. The van der Waals surface area contributed by atoms with Crippen molar-refractivity contribution < 1.29 is 9.13 Å². The maximum Gasteiger partial charge on any atom is 0.337 e. The summed E-state index contributed by atoms with van der Waals surface area (Å²) in [5.74, 6) is 0.363. The lowest BCUT2D eigenvalue weighted by Gasteiger charge is -2.14. The van der Waals surface area contributed by atoms with E-state index in [-0.39, 0.29) is 17.9 Å². The third kappa shape index (κ3) is 3.56. The zero-order chi connectivity index (χ0) is 22.2. The lowest BCUT2D eigenvalue weighted by Crippen LogP contribution is -2.39. The molecule has 0 saturated heterocycles. The maximum absolute atomic E-state index is 13.6. The zero-order valence-corrected chi connectivity index (χ0v) is 18.6. The van der Waals surface area contributed by atoms with Crippen molar-refractivity contribution in [1.29, 1.82) is 0 Å². The van der Waals surface area contributed by atoms with Gasteiger partial charge in [-0.25, -0.2) is 13.8 Å². The van der Waals surface area contributed by atoms with Crippen LogP contribution in [0.2, 0.25) is 0 Å². The van der Waals surface area contributed by atoms with E-state index in [1.807, 2.05) is 6.92 Å². The summed E-state index contributed by atoms with van der Waals surface area (Å²) in [4.78, 5) is 29.1. The molecule has 4 aromatic rings. The highest BCUT2D eigenvalue weighted by Gasteiger charge is 2.24. The van der Waals surface area contributed by atoms with Crippen LogP contribution in [0.15, 0.2) is 58.1 Å². The third-order valence-electron chi connectivity index (χ3n) is 5.90. The molecule has 0 radical (unpaired) electrons. The van der Waals surface area contributed by atoms with Gasteiger partial charge in [-0.3, -0.25) is 9.36 Å². The molecule has 1 aliphatic carbocycles. The van der Waals surface area contributed by atoms with E-state index >= 15 is 0 Å². The Bertz CT molecular complexity index is 1400. The maximum atomic E-state index is 13.6. The van der Waals surface area contributed by atoms with E-state index in [2.05, 4.69) is 0 Å². The molecular weight excluding hydrogens is 427 g/mol. The van der Waals surface area contributed by atoms with Gasteiger partial charge in [-0.15, -0.1) is 11.3 Å². The molecule has 32 heavy (non-hydrogen) atoms. The van der Waals surface area contributed by atoms with Gasteiger partial charge in [0.05, 0.1) is 24.2 Å². The van der Waals surface area contributed by atoms with Gasteiger partial charge >= 0.3 is 5.69 Å². The van der Waals surface area contributed by atoms with E-state index in [4.69, 9.17) is 4.74 Å². The normalized spacial score (nSPS) is 13.3. The second kappa shape index (κ2) is 8.39. The number of hydrogen-bond acceptors (Lipinski definition) is 4. The minimum absolute atomic E-state index is 0.270. The molecule has 0 bridgehead atoms. The van der Waals surface area contributed by atoms with E-state index < -0.39 is 5.69 Å². The average molecular weight is 451 g/mol. The van der Waals surface area contributed by atoms with Gasteiger partial charge in [-0.05, 0) is 80.1 Å². The number of rotatable bonds is 5. The highest BCUT2D eigenvalue weighted by atomic mass is 32.1. The van der Waals surface area contributed by atoms with Gasteiger partial charge in [0, 0.05) is 4.88 Å². The van der Waals surface area contributed by atoms with E-state index in [1.165, 1.54) is 21.6 Å². The SMILES string of the molecule is CCOc1ccc(-n2c(=O)c3c4c(sc3n(Cc3ccc(F)cc3)c2=O)CCCC4)cc1. The van der Waals surface area contributed by atoms with Crippen LogP contribution in [0, 0.1) is 5.82 Å². The van der Waals surface area contributed by atoms with Gasteiger partial charge in [-0.1, -0.05) is 12.1 Å².